The maximum atomic E-state index is 14.7. The van der Waals surface area contributed by atoms with Crippen LogP contribution < -0.4 is 16.0 Å². The van der Waals surface area contributed by atoms with E-state index in [2.05, 4.69) is 110 Å². The Morgan fingerprint density at radius 1 is 0.781 bits per heavy atom. The van der Waals surface area contributed by atoms with E-state index in [0.29, 0.717) is 45.0 Å². The van der Waals surface area contributed by atoms with Gasteiger partial charge in [0, 0.05) is 110 Å². The van der Waals surface area contributed by atoms with E-state index in [1.807, 2.05) is 57.1 Å². The Bertz CT molecular complexity index is 2030. The zero-order chi connectivity index (χ0) is 53.7. The molecule has 0 radical (unpaired) electrons. The highest BCUT2D eigenvalue weighted by atomic mass is 79.9. The van der Waals surface area contributed by atoms with Crippen molar-refractivity contribution in [3.05, 3.63) is 70.3 Å². The summed E-state index contributed by atoms with van der Waals surface area (Å²) in [5.74, 6) is 0.442. The fourth-order valence-electron chi connectivity index (χ4n) is 10.2. The van der Waals surface area contributed by atoms with Crippen LogP contribution in [0.3, 0.4) is 0 Å². The summed E-state index contributed by atoms with van der Waals surface area (Å²) < 4.78 is 104. The molecule has 0 bridgehead atoms. The van der Waals surface area contributed by atoms with Gasteiger partial charge in [-0.1, -0.05) is 107 Å². The fourth-order valence-corrected chi connectivity index (χ4v) is 10.5. The van der Waals surface area contributed by atoms with E-state index in [1.165, 1.54) is 0 Å². The second-order valence-corrected chi connectivity index (χ2v) is 22.8. The summed E-state index contributed by atoms with van der Waals surface area (Å²) in [6.45, 7) is 15.1. The Balaban J connectivity index is 1.78. The van der Waals surface area contributed by atoms with Crippen molar-refractivity contribution in [3.63, 3.8) is 0 Å². The first kappa shape index (κ1) is 62.7. The number of aromatic nitrogens is 1. The number of nitriles is 1. The lowest BCUT2D eigenvalue weighted by molar-refractivity contribution is -0.150. The molecule has 8 atom stereocenters. The van der Waals surface area contributed by atoms with Gasteiger partial charge in [0.15, 0.2) is 0 Å². The van der Waals surface area contributed by atoms with Gasteiger partial charge < -0.3 is 34.5 Å². The second-order valence-electron chi connectivity index (χ2n) is 21.9. The third-order valence-corrected chi connectivity index (χ3v) is 14.8. The number of rotatable bonds is 19. The van der Waals surface area contributed by atoms with Crippen molar-refractivity contribution in [2.24, 2.45) is 11.8 Å². The minimum atomic E-state index is -4.53. The molecular formula is C56H89BrF6N8O2. The molecule has 73 heavy (non-hydrogen) atoms. The summed E-state index contributed by atoms with van der Waals surface area (Å²) in [5, 5.41) is 21.3. The number of benzene rings is 2. The molecule has 1 aromatic heterocycles. The number of unbranched alkanes of at least 4 members (excludes halogenated alkanes) is 4. The van der Waals surface area contributed by atoms with E-state index < -0.39 is 55.7 Å². The van der Waals surface area contributed by atoms with Crippen LogP contribution in [0.1, 0.15) is 123 Å². The number of likely N-dealkylation sites (N-methyl/N-ethyl adjacent to an activating group) is 3. The van der Waals surface area contributed by atoms with Crippen LogP contribution in [0.25, 0.3) is 10.9 Å². The summed E-state index contributed by atoms with van der Waals surface area (Å²) in [6, 6.07) is 15.9. The quantitative estimate of drug-likeness (QED) is 0.0802. The first-order valence-electron chi connectivity index (χ1n) is 26.9. The maximum Gasteiger partial charge on any atom is 0.390 e. The van der Waals surface area contributed by atoms with Gasteiger partial charge in [-0.25, -0.2) is 0 Å². The molecule has 1 unspecified atom stereocenters. The predicted octanol–water partition coefficient (Wildman–Crippen LogP) is 11.8. The standard InChI is InChI=1S/C56H89BrF6N8O2/c1-10-11-12-13-16-26-72-54-53(20-17-25-64)73-39-42(6)68(7)36-46(27-40(2)3)65-33-50(29-44-35-71(52-19-15-14-18-51(44)52)34-43-21-23-45(57)24-22-43)69(8)37-47(30-55(58,59)60)66-32-49(28-41(4)5)70(9)38-48(67-54)31-56(61,62)63/h14-15,18-19,21-24,35,40-42,46-50,53-54,65-67H,10-13,16-17,20,26-34,36-39H2,1-9H3/t42-,46-,47-,48-,49-,50-,53+,54?/m0/s1. The van der Waals surface area contributed by atoms with E-state index >= 15 is 0 Å². The minimum Gasteiger partial charge on any atom is -0.372 e. The average Bonchev–Trinajstić information content (AvgIpc) is 3.64. The van der Waals surface area contributed by atoms with Gasteiger partial charge in [0.25, 0.3) is 0 Å². The fraction of sp³-hybridized carbons (Fsp3) is 0.732. The van der Waals surface area contributed by atoms with Crippen molar-refractivity contribution in [1.82, 2.24) is 35.2 Å². The number of hydrogen-bond donors (Lipinski definition) is 3. The van der Waals surface area contributed by atoms with Crippen LogP contribution in [0.5, 0.6) is 0 Å². The number of halogens is 7. The Hall–Kier alpha value is -2.79. The number of fused-ring (bicyclic) bond motifs is 1. The monoisotopic (exact) mass is 1100 g/mol. The van der Waals surface area contributed by atoms with Gasteiger partial charge in [-0.15, -0.1) is 0 Å². The summed E-state index contributed by atoms with van der Waals surface area (Å²) >= 11 is 3.55. The molecule has 0 saturated carbocycles. The zero-order valence-corrected chi connectivity index (χ0v) is 46.9. The van der Waals surface area contributed by atoms with Crippen molar-refractivity contribution in [2.75, 3.05) is 67.1 Å². The highest BCUT2D eigenvalue weighted by molar-refractivity contribution is 9.10. The highest BCUT2D eigenvalue weighted by Gasteiger charge is 2.38. The van der Waals surface area contributed by atoms with Crippen LogP contribution in [-0.2, 0) is 22.4 Å². The number of ether oxygens (including phenoxy) is 2. The van der Waals surface area contributed by atoms with Gasteiger partial charge in [0.1, 0.15) is 6.23 Å². The second kappa shape index (κ2) is 31.4. The molecular weight excluding hydrogens is 1010 g/mol. The number of nitrogens with zero attached hydrogens (tertiary/aromatic N) is 5. The molecule has 2 heterocycles. The van der Waals surface area contributed by atoms with Gasteiger partial charge in [0.05, 0.1) is 31.6 Å². The molecule has 4 rings (SSSR count). The molecule has 414 valence electrons. The summed E-state index contributed by atoms with van der Waals surface area (Å²) in [6.07, 6.45) is -3.56. The lowest BCUT2D eigenvalue weighted by Gasteiger charge is -2.38. The summed E-state index contributed by atoms with van der Waals surface area (Å²) in [5.41, 5.74) is 3.32. The van der Waals surface area contributed by atoms with Gasteiger partial charge in [0.2, 0.25) is 0 Å². The lowest BCUT2D eigenvalue weighted by Crippen LogP contribution is -2.56. The van der Waals surface area contributed by atoms with Gasteiger partial charge in [-0.2, -0.15) is 31.6 Å². The number of para-hydroxylation sites is 1. The van der Waals surface area contributed by atoms with Crippen molar-refractivity contribution >= 4 is 26.8 Å². The summed E-state index contributed by atoms with van der Waals surface area (Å²) in [7, 11) is 5.70. The molecule has 1 saturated heterocycles. The van der Waals surface area contributed by atoms with E-state index in [4.69, 9.17) is 9.47 Å². The maximum absolute atomic E-state index is 14.7. The van der Waals surface area contributed by atoms with Gasteiger partial charge in [-0.05, 0) is 101 Å². The zero-order valence-electron chi connectivity index (χ0n) is 45.3. The Morgan fingerprint density at radius 2 is 1.38 bits per heavy atom. The first-order chi connectivity index (χ1) is 34.5. The smallest absolute Gasteiger partial charge is 0.372 e. The van der Waals surface area contributed by atoms with Crippen LogP contribution in [0, 0.1) is 23.2 Å². The topological polar surface area (TPSA) is 93.0 Å². The third kappa shape index (κ3) is 23.6. The number of nitrogens with one attached hydrogen (secondary N) is 3. The van der Waals surface area contributed by atoms with E-state index in [0.717, 1.165) is 65.0 Å². The predicted molar refractivity (Wildman–Crippen MR) is 288 cm³/mol. The molecule has 3 N–H and O–H groups in total. The van der Waals surface area contributed by atoms with Crippen LogP contribution >= 0.6 is 15.9 Å². The number of hydrogen-bond acceptors (Lipinski definition) is 9. The largest absolute Gasteiger partial charge is 0.390 e. The molecule has 3 aromatic rings. The first-order valence-corrected chi connectivity index (χ1v) is 27.7. The Morgan fingerprint density at radius 3 is 2.04 bits per heavy atom. The Kier molecular flexibility index (Phi) is 27.0. The average molecular weight is 1100 g/mol. The molecule has 10 nitrogen and oxygen atoms in total. The molecule has 0 amide bonds. The lowest BCUT2D eigenvalue weighted by atomic mass is 9.99. The highest BCUT2D eigenvalue weighted by Crippen LogP contribution is 2.28. The van der Waals surface area contributed by atoms with Crippen molar-refractivity contribution < 1.29 is 35.8 Å². The molecule has 1 aliphatic heterocycles. The van der Waals surface area contributed by atoms with Crippen LogP contribution in [0.4, 0.5) is 26.3 Å². The van der Waals surface area contributed by atoms with E-state index in [9.17, 15) is 31.6 Å². The molecule has 0 spiro atoms. The normalized spacial score (nSPS) is 25.1. The molecule has 1 fully saturated rings. The van der Waals surface area contributed by atoms with Crippen LogP contribution in [0.2, 0.25) is 0 Å². The minimum absolute atomic E-state index is 0.00982. The molecule has 1 aliphatic rings. The molecule has 0 aliphatic carbocycles. The van der Waals surface area contributed by atoms with Crippen LogP contribution in [-0.4, -0.2) is 147 Å². The van der Waals surface area contributed by atoms with Gasteiger partial charge >= 0.3 is 12.4 Å². The Labute approximate surface area is 442 Å². The van der Waals surface area contributed by atoms with Crippen molar-refractivity contribution in [2.45, 2.75) is 186 Å². The molecule has 17 heteroatoms. The summed E-state index contributed by atoms with van der Waals surface area (Å²) in [4.78, 5) is 6.12. The van der Waals surface area contributed by atoms with Crippen LogP contribution in [0.15, 0.2) is 59.2 Å². The van der Waals surface area contributed by atoms with Crippen molar-refractivity contribution in [3.8, 4) is 6.07 Å². The SMILES string of the molecule is CCCCCCCOC1N[C@@H](CC(F)(F)F)CN(C)[C@@H](CC(C)C)CN[C@@H](CC(F)(F)F)CN(C)[C@@H](Cc2cn(Cc3ccc(Br)cc3)c3ccccc23)CN[C@@H](CC(C)C)CN(C)[C@@H](C)CO[C@@H]1CCC#N. The van der Waals surface area contributed by atoms with E-state index in [-0.39, 0.29) is 63.1 Å². The van der Waals surface area contributed by atoms with Crippen molar-refractivity contribution in [1.29, 1.82) is 5.26 Å². The number of alkyl halides is 6. The third-order valence-electron chi connectivity index (χ3n) is 14.2. The van der Waals surface area contributed by atoms with Gasteiger partial charge in [-0.3, -0.25) is 10.2 Å². The van der Waals surface area contributed by atoms with E-state index in [1.54, 1.807) is 7.05 Å². The molecule has 2 aromatic carbocycles.